The number of alkyl halides is 2. The van der Waals surface area contributed by atoms with Crippen LogP contribution in [-0.2, 0) is 4.79 Å². The van der Waals surface area contributed by atoms with Crippen LogP contribution >= 0.6 is 0 Å². The summed E-state index contributed by atoms with van der Waals surface area (Å²) in [6.45, 7) is 0.0932. The quantitative estimate of drug-likeness (QED) is 0.649. The maximum Gasteiger partial charge on any atom is 0.266 e. The van der Waals surface area contributed by atoms with Gasteiger partial charge in [-0.2, -0.15) is 0 Å². The maximum absolute atomic E-state index is 13.4. The molecule has 0 aromatic heterocycles. The number of amides is 1. The lowest BCUT2D eigenvalue weighted by Crippen LogP contribution is -2.24. The van der Waals surface area contributed by atoms with Crippen LogP contribution < -0.4 is 10.4 Å². The molecule has 0 spiro atoms. The Morgan fingerprint density at radius 3 is 2.19 bits per heavy atom. The van der Waals surface area contributed by atoms with E-state index in [1.165, 1.54) is 0 Å². The first-order valence-corrected chi connectivity index (χ1v) is 8.72. The van der Waals surface area contributed by atoms with Crippen LogP contribution in [0.3, 0.4) is 0 Å². The number of nitrogens with one attached hydrogen (secondary N) is 1. The third-order valence-electron chi connectivity index (χ3n) is 5.43. The van der Waals surface area contributed by atoms with Crippen molar-refractivity contribution in [2.75, 3.05) is 18.0 Å². The van der Waals surface area contributed by atoms with E-state index in [1.54, 1.807) is 10.4 Å². The molecule has 4 rings (SSSR count). The lowest BCUT2D eigenvalue weighted by atomic mass is 10.0. The lowest BCUT2D eigenvalue weighted by Gasteiger charge is -2.18. The Hall–Kier alpha value is -2.47. The van der Waals surface area contributed by atoms with Crippen LogP contribution in [0.25, 0.3) is 0 Å². The van der Waals surface area contributed by atoms with Crippen LogP contribution in [0.2, 0.25) is 0 Å². The summed E-state index contributed by atoms with van der Waals surface area (Å²) in [6, 6.07) is 17.2. The highest BCUT2D eigenvalue weighted by atomic mass is 19.3. The van der Waals surface area contributed by atoms with Crippen molar-refractivity contribution in [3.05, 3.63) is 65.7 Å². The summed E-state index contributed by atoms with van der Waals surface area (Å²) < 4.78 is 26.8. The van der Waals surface area contributed by atoms with E-state index >= 15 is 0 Å². The summed E-state index contributed by atoms with van der Waals surface area (Å²) in [7, 11) is 0. The average Bonchev–Trinajstić information content (AvgIpc) is 3.31. The number of halogens is 2. The Morgan fingerprint density at radius 1 is 1.04 bits per heavy atom. The average molecular weight is 358 g/mol. The lowest BCUT2D eigenvalue weighted by molar-refractivity contribution is -0.130. The van der Waals surface area contributed by atoms with E-state index < -0.39 is 11.8 Å². The largest absolute Gasteiger partial charge is 0.365 e. The molecule has 2 fully saturated rings. The number of hydrogen-bond acceptors (Lipinski definition) is 3. The highest BCUT2D eigenvalue weighted by Crippen LogP contribution is 2.60. The molecule has 1 amide bonds. The van der Waals surface area contributed by atoms with Crippen molar-refractivity contribution in [3.63, 3.8) is 0 Å². The molecule has 3 atom stereocenters. The highest BCUT2D eigenvalue weighted by molar-refractivity contribution is 5.84. The Morgan fingerprint density at radius 2 is 1.65 bits per heavy atom. The molecule has 1 aliphatic heterocycles. The maximum atomic E-state index is 13.4. The molecule has 1 saturated carbocycles. The van der Waals surface area contributed by atoms with E-state index in [1.807, 2.05) is 54.6 Å². The molecular weight excluding hydrogens is 338 g/mol. The van der Waals surface area contributed by atoms with E-state index in [2.05, 4.69) is 0 Å². The zero-order valence-corrected chi connectivity index (χ0v) is 14.1. The first-order valence-electron chi connectivity index (χ1n) is 8.72. The summed E-state index contributed by atoms with van der Waals surface area (Å²) in [6.07, 6.45) is -0.119. The second-order valence-corrected chi connectivity index (χ2v) is 7.08. The fraction of sp³-hybridized carbons (Fsp3) is 0.350. The summed E-state index contributed by atoms with van der Waals surface area (Å²) in [5, 5.41) is 9.03. The molecule has 26 heavy (non-hydrogen) atoms. The minimum Gasteiger partial charge on any atom is -0.365 e. The van der Waals surface area contributed by atoms with E-state index in [4.69, 9.17) is 5.21 Å². The predicted molar refractivity (Wildman–Crippen MR) is 93.6 cm³/mol. The molecule has 6 heteroatoms. The molecule has 1 heterocycles. The first kappa shape index (κ1) is 17.0. The Bertz CT molecular complexity index is 795. The van der Waals surface area contributed by atoms with Crippen molar-refractivity contribution in [2.24, 2.45) is 5.92 Å². The zero-order chi connectivity index (χ0) is 18.3. The number of hydrogen-bond donors (Lipinski definition) is 2. The van der Waals surface area contributed by atoms with Crippen LogP contribution in [0.5, 0.6) is 0 Å². The monoisotopic (exact) mass is 358 g/mol. The number of rotatable bonds is 4. The molecule has 1 saturated heterocycles. The van der Waals surface area contributed by atoms with Gasteiger partial charge < -0.3 is 4.90 Å². The van der Waals surface area contributed by atoms with Crippen molar-refractivity contribution in [1.29, 1.82) is 0 Å². The van der Waals surface area contributed by atoms with Crippen LogP contribution in [0.4, 0.5) is 14.5 Å². The molecule has 1 aliphatic carbocycles. The van der Waals surface area contributed by atoms with Gasteiger partial charge >= 0.3 is 0 Å². The standard InChI is InChI=1S/C20H20F2N2O2/c21-20(22)10-11-24(12-20)15-8-6-14(7-9-15)17-16(18(17)19(25)23-26)13-4-2-1-3-5-13/h1-9,16-18,26H,10-12H2,(H,23,25)/t16-,17-,18-/m1/s1. The molecule has 2 aliphatic rings. The van der Waals surface area contributed by atoms with Crippen molar-refractivity contribution in [1.82, 2.24) is 5.48 Å². The topological polar surface area (TPSA) is 52.6 Å². The number of carbonyl (C=O) groups is 1. The third kappa shape index (κ3) is 3.05. The van der Waals surface area contributed by atoms with Crippen molar-refractivity contribution >= 4 is 11.6 Å². The van der Waals surface area contributed by atoms with E-state index in [9.17, 15) is 13.6 Å². The van der Waals surface area contributed by atoms with Gasteiger partial charge in [-0.3, -0.25) is 10.0 Å². The fourth-order valence-corrected chi connectivity index (χ4v) is 4.08. The van der Waals surface area contributed by atoms with E-state index in [-0.39, 0.29) is 30.7 Å². The Balaban J connectivity index is 1.55. The van der Waals surface area contributed by atoms with Gasteiger partial charge in [-0.25, -0.2) is 14.3 Å². The summed E-state index contributed by atoms with van der Waals surface area (Å²) in [5.74, 6) is -3.38. The van der Waals surface area contributed by atoms with Crippen LogP contribution in [0, 0.1) is 5.92 Å². The van der Waals surface area contributed by atoms with Crippen LogP contribution in [0.15, 0.2) is 54.6 Å². The number of benzene rings is 2. The van der Waals surface area contributed by atoms with E-state index in [0.717, 1.165) is 16.8 Å². The third-order valence-corrected chi connectivity index (χ3v) is 5.43. The summed E-state index contributed by atoms with van der Waals surface area (Å²) in [4.78, 5) is 13.7. The normalized spacial score (nSPS) is 26.6. The van der Waals surface area contributed by atoms with Gasteiger partial charge in [0, 0.05) is 30.5 Å². The van der Waals surface area contributed by atoms with Gasteiger partial charge in [-0.05, 0) is 23.3 Å². The zero-order valence-electron chi connectivity index (χ0n) is 14.1. The van der Waals surface area contributed by atoms with Gasteiger partial charge in [0.2, 0.25) is 5.91 Å². The fourth-order valence-electron chi connectivity index (χ4n) is 4.08. The summed E-state index contributed by atoms with van der Waals surface area (Å²) in [5.41, 5.74) is 4.56. The second-order valence-electron chi connectivity index (χ2n) is 7.08. The van der Waals surface area contributed by atoms with Crippen molar-refractivity contribution in [2.45, 2.75) is 24.2 Å². The highest BCUT2D eigenvalue weighted by Gasteiger charge is 2.56. The minimum atomic E-state index is -2.63. The van der Waals surface area contributed by atoms with Gasteiger partial charge in [-0.1, -0.05) is 42.5 Å². The molecule has 2 aromatic carbocycles. The molecule has 136 valence electrons. The van der Waals surface area contributed by atoms with Gasteiger partial charge in [-0.15, -0.1) is 0 Å². The van der Waals surface area contributed by atoms with Gasteiger partial charge in [0.15, 0.2) is 0 Å². The molecule has 4 nitrogen and oxygen atoms in total. The molecule has 0 bridgehead atoms. The molecule has 0 unspecified atom stereocenters. The molecule has 2 N–H and O–H groups in total. The van der Waals surface area contributed by atoms with Crippen LogP contribution in [-0.4, -0.2) is 30.1 Å². The summed E-state index contributed by atoms with van der Waals surface area (Å²) >= 11 is 0. The number of anilines is 1. The van der Waals surface area contributed by atoms with Gasteiger partial charge in [0.05, 0.1) is 12.5 Å². The van der Waals surface area contributed by atoms with Crippen molar-refractivity contribution in [3.8, 4) is 0 Å². The van der Waals surface area contributed by atoms with Gasteiger partial charge in [0.1, 0.15) is 0 Å². The Labute approximate surface area is 150 Å². The SMILES string of the molecule is O=C(NO)[C@@H]1[C@H](c2ccccc2)[C@H]1c1ccc(N2CCC(F)(F)C2)cc1. The van der Waals surface area contributed by atoms with E-state index in [0.29, 0.717) is 6.54 Å². The second kappa shape index (κ2) is 6.36. The predicted octanol–water partition coefficient (Wildman–Crippen LogP) is 3.53. The number of hydroxylamine groups is 1. The molecule has 2 aromatic rings. The van der Waals surface area contributed by atoms with Crippen LogP contribution in [0.1, 0.15) is 29.4 Å². The van der Waals surface area contributed by atoms with Crippen molar-refractivity contribution < 1.29 is 18.8 Å². The first-order chi connectivity index (χ1) is 12.5. The molecule has 0 radical (unpaired) electrons. The molecular formula is C20H20F2N2O2. The number of carbonyl (C=O) groups excluding carboxylic acids is 1. The number of nitrogens with zero attached hydrogens (tertiary/aromatic N) is 1. The minimum absolute atomic E-state index is 0.00493. The Kier molecular flexibility index (Phi) is 4.15. The van der Waals surface area contributed by atoms with Gasteiger partial charge in [0.25, 0.3) is 5.92 Å². The smallest absolute Gasteiger partial charge is 0.266 e.